The van der Waals surface area contributed by atoms with Crippen molar-refractivity contribution in [2.45, 2.75) is 24.2 Å². The molecule has 7 nitrogen and oxygen atoms in total. The summed E-state index contributed by atoms with van der Waals surface area (Å²) in [6, 6.07) is 15.9. The number of ketones is 1. The van der Waals surface area contributed by atoms with E-state index in [9.17, 15) is 23.3 Å². The van der Waals surface area contributed by atoms with E-state index in [0.29, 0.717) is 11.1 Å². The molecule has 0 aliphatic carbocycles. The van der Waals surface area contributed by atoms with E-state index in [4.69, 9.17) is 4.74 Å². The van der Waals surface area contributed by atoms with Gasteiger partial charge in [0.05, 0.1) is 16.9 Å². The van der Waals surface area contributed by atoms with Crippen molar-refractivity contribution in [3.63, 3.8) is 0 Å². The van der Waals surface area contributed by atoms with Gasteiger partial charge in [-0.1, -0.05) is 30.3 Å². The molecule has 1 unspecified atom stereocenters. The molecule has 0 fully saturated rings. The van der Waals surface area contributed by atoms with E-state index in [1.807, 2.05) is 43.3 Å². The fourth-order valence-electron chi connectivity index (χ4n) is 2.99. The minimum Gasteiger partial charge on any atom is -0.461 e. The first-order valence-corrected chi connectivity index (χ1v) is 11.7. The highest BCUT2D eigenvalue weighted by Crippen LogP contribution is 2.28. The zero-order valence-corrected chi connectivity index (χ0v) is 19.3. The molecule has 2 aromatic carbocycles. The number of rotatable bonds is 9. The van der Waals surface area contributed by atoms with Gasteiger partial charge in [-0.15, -0.1) is 0 Å². The van der Waals surface area contributed by atoms with Gasteiger partial charge >= 0.3 is 5.97 Å². The lowest BCUT2D eigenvalue weighted by molar-refractivity contribution is -0.144. The molecule has 1 atom stereocenters. The minimum atomic E-state index is -3.33. The standard InChI is InChI=1S/C24H26N2O5S/c1-17(27)13-24(28)31-16-20(14-18-5-11-22(12-6-18)32(4,29)30)23(15-25)19-7-9-21(10-8-19)26(2)3/h5-12,14,23H,13,16H2,1-4H3/b20-14+. The maximum absolute atomic E-state index is 11.9. The Labute approximate surface area is 188 Å². The summed E-state index contributed by atoms with van der Waals surface area (Å²) in [5, 5.41) is 9.89. The van der Waals surface area contributed by atoms with E-state index in [0.717, 1.165) is 17.5 Å². The fraction of sp³-hybridized carbons (Fsp3) is 0.292. The summed E-state index contributed by atoms with van der Waals surface area (Å²) in [4.78, 5) is 25.2. The predicted octanol–water partition coefficient (Wildman–Crippen LogP) is 3.37. The molecule has 0 aromatic heterocycles. The van der Waals surface area contributed by atoms with Gasteiger partial charge in [-0.25, -0.2) is 8.42 Å². The number of hydrogen-bond acceptors (Lipinski definition) is 7. The molecule has 0 bridgehead atoms. The maximum Gasteiger partial charge on any atom is 0.313 e. The Balaban J connectivity index is 2.41. The fourth-order valence-corrected chi connectivity index (χ4v) is 3.62. The molecule has 2 aromatic rings. The number of ether oxygens (including phenoxy) is 1. The average molecular weight is 455 g/mol. The van der Waals surface area contributed by atoms with Gasteiger partial charge in [0.1, 0.15) is 18.8 Å². The summed E-state index contributed by atoms with van der Waals surface area (Å²) in [6.07, 6.45) is 2.48. The number of nitrogens with zero attached hydrogens (tertiary/aromatic N) is 2. The molecule has 168 valence electrons. The first-order valence-electron chi connectivity index (χ1n) is 9.84. The third-order valence-electron chi connectivity index (χ3n) is 4.70. The van der Waals surface area contributed by atoms with Crippen LogP contribution in [0.4, 0.5) is 5.69 Å². The Morgan fingerprint density at radius 1 is 1.09 bits per heavy atom. The molecule has 0 saturated heterocycles. The van der Waals surface area contributed by atoms with Crippen LogP contribution in [0.2, 0.25) is 0 Å². The van der Waals surface area contributed by atoms with Gasteiger partial charge in [0.2, 0.25) is 0 Å². The Morgan fingerprint density at radius 2 is 1.69 bits per heavy atom. The summed E-state index contributed by atoms with van der Waals surface area (Å²) in [6.45, 7) is 1.12. The monoisotopic (exact) mass is 454 g/mol. The van der Waals surface area contributed by atoms with Gasteiger partial charge in [0.25, 0.3) is 0 Å². The van der Waals surface area contributed by atoms with Crippen molar-refractivity contribution in [2.75, 3.05) is 31.9 Å². The summed E-state index contributed by atoms with van der Waals surface area (Å²) < 4.78 is 28.6. The van der Waals surface area contributed by atoms with Crippen molar-refractivity contribution in [1.29, 1.82) is 5.26 Å². The van der Waals surface area contributed by atoms with Crippen molar-refractivity contribution < 1.29 is 22.7 Å². The van der Waals surface area contributed by atoms with Gasteiger partial charge in [-0.05, 0) is 47.9 Å². The molecule has 32 heavy (non-hydrogen) atoms. The van der Waals surface area contributed by atoms with Crippen LogP contribution >= 0.6 is 0 Å². The first-order chi connectivity index (χ1) is 15.0. The summed E-state index contributed by atoms with van der Waals surface area (Å²) in [7, 11) is 0.492. The number of esters is 1. The molecule has 0 radical (unpaired) electrons. The quantitative estimate of drug-likeness (QED) is 0.422. The molecule has 0 aliphatic rings. The SMILES string of the molecule is CC(=O)CC(=O)OC/C(=C\c1ccc(S(C)(=O)=O)cc1)C(C#N)c1ccc(N(C)C)cc1. The molecular formula is C24H26N2O5S. The third-order valence-corrected chi connectivity index (χ3v) is 5.82. The molecule has 2 rings (SSSR count). The second-order valence-electron chi connectivity index (χ2n) is 7.65. The Morgan fingerprint density at radius 3 is 2.16 bits per heavy atom. The third kappa shape index (κ3) is 7.06. The van der Waals surface area contributed by atoms with E-state index in [-0.39, 0.29) is 23.7 Å². The number of Topliss-reactive ketones (excluding diaryl/α,β-unsaturated/α-hetero) is 1. The van der Waals surface area contributed by atoms with E-state index in [1.54, 1.807) is 18.2 Å². The molecule has 0 N–H and O–H groups in total. The smallest absolute Gasteiger partial charge is 0.313 e. The number of anilines is 1. The number of carbonyl (C=O) groups is 2. The average Bonchev–Trinajstić information content (AvgIpc) is 2.72. The van der Waals surface area contributed by atoms with Crippen LogP contribution in [0.5, 0.6) is 0 Å². The zero-order chi connectivity index (χ0) is 23.9. The predicted molar refractivity (Wildman–Crippen MR) is 123 cm³/mol. The van der Waals surface area contributed by atoms with Crippen LogP contribution < -0.4 is 4.90 Å². The number of benzene rings is 2. The van der Waals surface area contributed by atoms with Crippen LogP contribution in [0.15, 0.2) is 59.0 Å². The van der Waals surface area contributed by atoms with Crippen LogP contribution in [0.1, 0.15) is 30.4 Å². The second kappa shape index (κ2) is 10.7. The molecular weight excluding hydrogens is 428 g/mol. The number of nitriles is 1. The van der Waals surface area contributed by atoms with E-state index < -0.39 is 21.7 Å². The van der Waals surface area contributed by atoms with E-state index >= 15 is 0 Å². The van der Waals surface area contributed by atoms with Gasteiger partial charge < -0.3 is 9.64 Å². The number of carbonyl (C=O) groups excluding carboxylic acids is 2. The zero-order valence-electron chi connectivity index (χ0n) is 18.5. The van der Waals surface area contributed by atoms with Crippen LogP contribution in [-0.4, -0.2) is 47.1 Å². The lowest BCUT2D eigenvalue weighted by Gasteiger charge is -2.17. The van der Waals surface area contributed by atoms with Crippen LogP contribution in [-0.2, 0) is 24.2 Å². The highest BCUT2D eigenvalue weighted by molar-refractivity contribution is 7.90. The number of hydrogen-bond donors (Lipinski definition) is 0. The Hall–Kier alpha value is -3.44. The highest BCUT2D eigenvalue weighted by atomic mass is 32.2. The largest absolute Gasteiger partial charge is 0.461 e. The molecule has 0 amide bonds. The lowest BCUT2D eigenvalue weighted by atomic mass is 9.91. The summed E-state index contributed by atoms with van der Waals surface area (Å²) in [5.74, 6) is -1.69. The van der Waals surface area contributed by atoms with Gasteiger partial charge in [0.15, 0.2) is 9.84 Å². The van der Waals surface area contributed by atoms with Crippen molar-refractivity contribution in [1.82, 2.24) is 0 Å². The molecule has 0 saturated carbocycles. The summed E-state index contributed by atoms with van der Waals surface area (Å²) in [5.41, 5.74) is 2.86. The topological polar surface area (TPSA) is 105 Å². The van der Waals surface area contributed by atoms with Crippen molar-refractivity contribution in [3.8, 4) is 6.07 Å². The van der Waals surface area contributed by atoms with E-state index in [2.05, 4.69) is 6.07 Å². The van der Waals surface area contributed by atoms with Crippen LogP contribution in [0.25, 0.3) is 6.08 Å². The van der Waals surface area contributed by atoms with Gasteiger partial charge in [-0.3, -0.25) is 9.59 Å². The van der Waals surface area contributed by atoms with E-state index in [1.165, 1.54) is 19.1 Å². The normalized spacial score (nSPS) is 12.5. The second-order valence-corrected chi connectivity index (χ2v) is 9.66. The van der Waals surface area contributed by atoms with Crippen molar-refractivity contribution in [3.05, 3.63) is 65.2 Å². The lowest BCUT2D eigenvalue weighted by Crippen LogP contribution is -2.14. The molecule has 0 aliphatic heterocycles. The summed E-state index contributed by atoms with van der Waals surface area (Å²) >= 11 is 0. The van der Waals surface area contributed by atoms with Gasteiger partial charge in [0, 0.05) is 26.0 Å². The number of sulfone groups is 1. The molecule has 8 heteroatoms. The first kappa shape index (κ1) is 24.8. The van der Waals surface area contributed by atoms with Crippen LogP contribution in [0.3, 0.4) is 0 Å². The molecule has 0 heterocycles. The Bertz CT molecular complexity index is 1140. The Kier molecular flexibility index (Phi) is 8.33. The highest BCUT2D eigenvalue weighted by Gasteiger charge is 2.19. The van der Waals surface area contributed by atoms with Crippen LogP contribution in [0, 0.1) is 11.3 Å². The molecule has 0 spiro atoms. The maximum atomic E-state index is 11.9. The van der Waals surface area contributed by atoms with Gasteiger partial charge in [-0.2, -0.15) is 5.26 Å². The van der Waals surface area contributed by atoms with Crippen molar-refractivity contribution in [2.24, 2.45) is 0 Å². The van der Waals surface area contributed by atoms with Crippen molar-refractivity contribution >= 4 is 33.4 Å². The minimum absolute atomic E-state index is 0.173.